The molecule has 0 aliphatic carbocycles. The van der Waals surface area contributed by atoms with E-state index in [0.717, 1.165) is 29.8 Å². The molecule has 1 aromatic heterocycles. The molecule has 1 amide bonds. The summed E-state index contributed by atoms with van der Waals surface area (Å²) >= 11 is 0. The molecule has 2 fully saturated rings. The van der Waals surface area contributed by atoms with Gasteiger partial charge in [0.25, 0.3) is 5.91 Å². The molecule has 0 radical (unpaired) electrons. The van der Waals surface area contributed by atoms with Crippen molar-refractivity contribution < 1.29 is 4.79 Å². The van der Waals surface area contributed by atoms with Crippen LogP contribution in [0.2, 0.25) is 0 Å². The second-order valence-electron chi connectivity index (χ2n) is 7.03. The minimum atomic E-state index is 0.0984. The third-order valence-corrected chi connectivity index (χ3v) is 5.05. The van der Waals surface area contributed by atoms with E-state index in [2.05, 4.69) is 36.0 Å². The number of nitrogens with one attached hydrogen (secondary N) is 2. The van der Waals surface area contributed by atoms with Gasteiger partial charge in [0.2, 0.25) is 0 Å². The van der Waals surface area contributed by atoms with Crippen molar-refractivity contribution in [3.8, 4) is 0 Å². The Balaban J connectivity index is 1.72. The molecule has 2 saturated heterocycles. The van der Waals surface area contributed by atoms with E-state index in [4.69, 9.17) is 0 Å². The highest BCUT2D eigenvalue weighted by atomic mass is 16.1. The molecule has 2 aliphatic rings. The maximum Gasteiger partial charge on any atom is 0.253 e. The van der Waals surface area contributed by atoms with Crippen LogP contribution in [0.3, 0.4) is 0 Å². The summed E-state index contributed by atoms with van der Waals surface area (Å²) in [4.78, 5) is 12.6. The third kappa shape index (κ3) is 2.73. The second kappa shape index (κ2) is 5.48. The van der Waals surface area contributed by atoms with Gasteiger partial charge in [-0.1, -0.05) is 0 Å². The van der Waals surface area contributed by atoms with Gasteiger partial charge in [-0.3, -0.25) is 4.79 Å². The number of nitrogens with zero attached hydrogens (tertiary/aromatic N) is 1. The number of hydrogen-bond acceptors (Lipinski definition) is 2. The Morgan fingerprint density at radius 1 is 1.29 bits per heavy atom. The SMILES string of the molecule is Cc1cc(C(=O)NC2CC3CCC(C2)N3)c(C)n1C(C)C. The molecule has 2 atom stereocenters. The zero-order chi connectivity index (χ0) is 15.1. The maximum absolute atomic E-state index is 12.6. The van der Waals surface area contributed by atoms with Crippen LogP contribution < -0.4 is 10.6 Å². The molecule has 2 N–H and O–H groups in total. The Kier molecular flexibility index (Phi) is 3.82. The number of amides is 1. The quantitative estimate of drug-likeness (QED) is 0.898. The van der Waals surface area contributed by atoms with Crippen molar-refractivity contribution in [2.45, 2.75) is 77.5 Å². The number of fused-ring (bicyclic) bond motifs is 2. The molecule has 116 valence electrons. The lowest BCUT2D eigenvalue weighted by Gasteiger charge is -2.29. The summed E-state index contributed by atoms with van der Waals surface area (Å²) < 4.78 is 2.24. The topological polar surface area (TPSA) is 46.1 Å². The first-order chi connectivity index (χ1) is 9.95. The number of hydrogen-bond donors (Lipinski definition) is 2. The van der Waals surface area contributed by atoms with E-state index in [1.165, 1.54) is 12.8 Å². The molecule has 0 spiro atoms. The average Bonchev–Trinajstić information content (AvgIpc) is 2.89. The molecule has 21 heavy (non-hydrogen) atoms. The molecule has 0 aromatic carbocycles. The van der Waals surface area contributed by atoms with Crippen LogP contribution in [0.15, 0.2) is 6.07 Å². The molecule has 4 nitrogen and oxygen atoms in total. The Morgan fingerprint density at radius 3 is 2.43 bits per heavy atom. The maximum atomic E-state index is 12.6. The van der Waals surface area contributed by atoms with Crippen molar-refractivity contribution in [2.24, 2.45) is 0 Å². The summed E-state index contributed by atoms with van der Waals surface area (Å²) in [5.74, 6) is 0.0984. The zero-order valence-corrected chi connectivity index (χ0v) is 13.6. The number of carbonyl (C=O) groups excluding carboxylic acids is 1. The van der Waals surface area contributed by atoms with Crippen LogP contribution >= 0.6 is 0 Å². The van der Waals surface area contributed by atoms with Crippen molar-refractivity contribution in [1.82, 2.24) is 15.2 Å². The first-order valence-corrected chi connectivity index (χ1v) is 8.21. The first kappa shape index (κ1) is 14.6. The first-order valence-electron chi connectivity index (χ1n) is 8.21. The third-order valence-electron chi connectivity index (χ3n) is 5.05. The van der Waals surface area contributed by atoms with Crippen molar-refractivity contribution in [3.05, 3.63) is 23.0 Å². The summed E-state index contributed by atoms with van der Waals surface area (Å²) in [5.41, 5.74) is 3.09. The number of carbonyl (C=O) groups is 1. The van der Waals surface area contributed by atoms with Crippen molar-refractivity contribution in [3.63, 3.8) is 0 Å². The summed E-state index contributed by atoms with van der Waals surface area (Å²) in [6.45, 7) is 8.45. The summed E-state index contributed by atoms with van der Waals surface area (Å²) in [7, 11) is 0. The average molecular weight is 289 g/mol. The van der Waals surface area contributed by atoms with E-state index in [1.807, 2.05) is 13.0 Å². The van der Waals surface area contributed by atoms with E-state index in [0.29, 0.717) is 24.2 Å². The van der Waals surface area contributed by atoms with Gasteiger partial charge in [-0.15, -0.1) is 0 Å². The van der Waals surface area contributed by atoms with Gasteiger partial charge in [-0.2, -0.15) is 0 Å². The van der Waals surface area contributed by atoms with Gasteiger partial charge in [0.15, 0.2) is 0 Å². The van der Waals surface area contributed by atoms with Crippen molar-refractivity contribution in [1.29, 1.82) is 0 Å². The zero-order valence-electron chi connectivity index (χ0n) is 13.6. The Morgan fingerprint density at radius 2 is 1.90 bits per heavy atom. The lowest BCUT2D eigenvalue weighted by atomic mass is 9.99. The summed E-state index contributed by atoms with van der Waals surface area (Å²) in [6, 6.07) is 3.97. The molecular formula is C17H27N3O. The van der Waals surface area contributed by atoms with Crippen LogP contribution in [0, 0.1) is 13.8 Å². The van der Waals surface area contributed by atoms with Gasteiger partial charge in [-0.05, 0) is 59.4 Å². The van der Waals surface area contributed by atoms with E-state index >= 15 is 0 Å². The minimum absolute atomic E-state index is 0.0984. The van der Waals surface area contributed by atoms with Crippen molar-refractivity contribution in [2.75, 3.05) is 0 Å². The monoisotopic (exact) mass is 289 g/mol. The van der Waals surface area contributed by atoms with E-state index in [9.17, 15) is 4.79 Å². The minimum Gasteiger partial charge on any atom is -0.349 e. The number of aromatic nitrogens is 1. The molecular weight excluding hydrogens is 262 g/mol. The van der Waals surface area contributed by atoms with Gasteiger partial charge in [-0.25, -0.2) is 0 Å². The standard InChI is InChI=1S/C17H27N3O/c1-10(2)20-11(3)7-16(12(20)4)17(21)19-15-8-13-5-6-14(9-15)18-13/h7,10,13-15,18H,5-6,8-9H2,1-4H3,(H,19,21). The molecule has 0 saturated carbocycles. The predicted octanol–water partition coefficient (Wildman–Crippen LogP) is 2.70. The molecule has 2 aliphatic heterocycles. The fraction of sp³-hybridized carbons (Fsp3) is 0.706. The smallest absolute Gasteiger partial charge is 0.253 e. The fourth-order valence-electron chi connectivity index (χ4n) is 4.24. The highest BCUT2D eigenvalue weighted by molar-refractivity contribution is 5.95. The van der Waals surface area contributed by atoms with Crippen LogP contribution in [0.4, 0.5) is 0 Å². The Bertz CT molecular complexity index is 534. The number of piperidine rings is 1. The Hall–Kier alpha value is -1.29. The van der Waals surface area contributed by atoms with Gasteiger partial charge in [0.05, 0.1) is 5.56 Å². The summed E-state index contributed by atoms with van der Waals surface area (Å²) in [6.07, 6.45) is 4.67. The lowest BCUT2D eigenvalue weighted by molar-refractivity contribution is 0.0923. The van der Waals surface area contributed by atoms with Crippen LogP contribution in [-0.2, 0) is 0 Å². The highest BCUT2D eigenvalue weighted by Crippen LogP contribution is 2.27. The van der Waals surface area contributed by atoms with Gasteiger partial charge in [0.1, 0.15) is 0 Å². The second-order valence-corrected chi connectivity index (χ2v) is 7.03. The largest absolute Gasteiger partial charge is 0.349 e. The van der Waals surface area contributed by atoms with Gasteiger partial charge >= 0.3 is 0 Å². The highest BCUT2D eigenvalue weighted by Gasteiger charge is 2.34. The molecule has 2 unspecified atom stereocenters. The van der Waals surface area contributed by atoms with Gasteiger partial charge < -0.3 is 15.2 Å². The Labute approximate surface area is 127 Å². The van der Waals surface area contributed by atoms with Crippen LogP contribution in [-0.4, -0.2) is 28.6 Å². The normalized spacial score (nSPS) is 28.1. The molecule has 2 bridgehead atoms. The molecule has 4 heteroatoms. The van der Waals surface area contributed by atoms with Crippen LogP contribution in [0.5, 0.6) is 0 Å². The van der Waals surface area contributed by atoms with E-state index in [1.54, 1.807) is 0 Å². The van der Waals surface area contributed by atoms with Crippen LogP contribution in [0.25, 0.3) is 0 Å². The van der Waals surface area contributed by atoms with E-state index < -0.39 is 0 Å². The molecule has 3 heterocycles. The number of aryl methyl sites for hydroxylation is 1. The lowest BCUT2D eigenvalue weighted by Crippen LogP contribution is -2.48. The summed E-state index contributed by atoms with van der Waals surface area (Å²) in [5, 5.41) is 6.88. The number of rotatable bonds is 3. The van der Waals surface area contributed by atoms with Gasteiger partial charge in [0, 0.05) is 35.6 Å². The van der Waals surface area contributed by atoms with Crippen molar-refractivity contribution >= 4 is 5.91 Å². The molecule has 1 aromatic rings. The van der Waals surface area contributed by atoms with Crippen LogP contribution in [0.1, 0.15) is 67.3 Å². The predicted molar refractivity (Wildman–Crippen MR) is 84.7 cm³/mol. The van der Waals surface area contributed by atoms with E-state index in [-0.39, 0.29) is 5.91 Å². The molecule has 3 rings (SSSR count). The fourth-order valence-corrected chi connectivity index (χ4v) is 4.24.